The summed E-state index contributed by atoms with van der Waals surface area (Å²) in [6.07, 6.45) is 4.45. The Morgan fingerprint density at radius 1 is 0.500 bits per heavy atom. The summed E-state index contributed by atoms with van der Waals surface area (Å²) in [6, 6.07) is 22.8. The van der Waals surface area contributed by atoms with E-state index in [0.717, 1.165) is 0 Å². The highest BCUT2D eigenvalue weighted by atomic mass is 28.3. The molecule has 3 rings (SSSR count). The molecule has 134 valence electrons. The Kier molecular flexibility index (Phi) is 5.09. The summed E-state index contributed by atoms with van der Waals surface area (Å²) >= 11 is 0. The van der Waals surface area contributed by atoms with E-state index in [4.69, 9.17) is 0 Å². The monoisotopic (exact) mass is 374 g/mol. The van der Waals surface area contributed by atoms with Crippen molar-refractivity contribution in [2.45, 2.75) is 39.3 Å². The van der Waals surface area contributed by atoms with E-state index in [1.165, 1.54) is 32.3 Å². The zero-order chi connectivity index (χ0) is 18.9. The molecular formula is C24H30Si2. The third-order valence-electron chi connectivity index (χ3n) is 4.98. The molecule has 0 unspecified atom stereocenters. The van der Waals surface area contributed by atoms with E-state index in [-0.39, 0.29) is 0 Å². The summed E-state index contributed by atoms with van der Waals surface area (Å²) in [7, 11) is -2.49. The van der Waals surface area contributed by atoms with Gasteiger partial charge in [0.25, 0.3) is 0 Å². The number of hydrogen-bond donors (Lipinski definition) is 0. The molecule has 2 heteroatoms. The Labute approximate surface area is 160 Å². The number of rotatable bonds is 4. The van der Waals surface area contributed by atoms with E-state index in [1.54, 1.807) is 0 Å². The maximum Gasteiger partial charge on any atom is 0.0776 e. The van der Waals surface area contributed by atoms with Crippen molar-refractivity contribution in [3.63, 3.8) is 0 Å². The first kappa shape index (κ1) is 18.9. The number of hydrogen-bond acceptors (Lipinski definition) is 0. The van der Waals surface area contributed by atoms with Crippen LogP contribution in [0.4, 0.5) is 0 Å². The highest BCUT2D eigenvalue weighted by Gasteiger charge is 2.16. The van der Waals surface area contributed by atoms with Crippen LogP contribution in [-0.4, -0.2) is 16.1 Å². The van der Waals surface area contributed by atoms with E-state index < -0.39 is 16.1 Å². The van der Waals surface area contributed by atoms with Gasteiger partial charge in [-0.25, -0.2) is 0 Å². The molecule has 0 aliphatic carbocycles. The molecule has 0 radical (unpaired) electrons. The van der Waals surface area contributed by atoms with Crippen molar-refractivity contribution >= 4 is 49.4 Å². The fourth-order valence-electron chi connectivity index (χ4n) is 3.12. The minimum absolute atomic E-state index is 1.22. The molecule has 0 atom stereocenters. The van der Waals surface area contributed by atoms with Crippen molar-refractivity contribution < 1.29 is 0 Å². The average Bonchev–Trinajstić information content (AvgIpc) is 2.58. The molecule has 0 aliphatic heterocycles. The lowest BCUT2D eigenvalue weighted by Crippen LogP contribution is -2.37. The Morgan fingerprint density at radius 2 is 1.00 bits per heavy atom. The van der Waals surface area contributed by atoms with Crippen LogP contribution >= 0.6 is 0 Å². The van der Waals surface area contributed by atoms with Gasteiger partial charge in [0.2, 0.25) is 0 Å². The fourth-order valence-corrected chi connectivity index (χ4v) is 5.46. The normalized spacial score (nSPS) is 12.8. The predicted molar refractivity (Wildman–Crippen MR) is 125 cm³/mol. The van der Waals surface area contributed by atoms with E-state index in [9.17, 15) is 0 Å². The molecule has 0 amide bonds. The molecule has 0 saturated carbocycles. The van der Waals surface area contributed by atoms with Crippen LogP contribution in [0.5, 0.6) is 0 Å². The number of benzene rings is 3. The largest absolute Gasteiger partial charge is 0.0776 e. The van der Waals surface area contributed by atoms with Crippen molar-refractivity contribution in [2.75, 3.05) is 0 Å². The minimum atomic E-state index is -1.27. The van der Waals surface area contributed by atoms with Gasteiger partial charge in [-0.05, 0) is 28.0 Å². The molecule has 0 saturated heterocycles. The fraction of sp³-hybridized carbons (Fsp3) is 0.250. The maximum atomic E-state index is 2.40. The van der Waals surface area contributed by atoms with Crippen LogP contribution in [0, 0.1) is 0 Å². The Bertz CT molecular complexity index is 937. The summed E-state index contributed by atoms with van der Waals surface area (Å²) in [5.74, 6) is 0. The van der Waals surface area contributed by atoms with Gasteiger partial charge in [0.05, 0.1) is 16.1 Å². The summed E-state index contributed by atoms with van der Waals surface area (Å²) in [4.78, 5) is 0. The lowest BCUT2D eigenvalue weighted by Gasteiger charge is -2.17. The molecule has 0 fully saturated rings. The van der Waals surface area contributed by atoms with E-state index >= 15 is 0 Å². The minimum Gasteiger partial charge on any atom is -0.0656 e. The quantitative estimate of drug-likeness (QED) is 0.382. The smallest absolute Gasteiger partial charge is 0.0656 e. The van der Waals surface area contributed by atoms with Gasteiger partial charge in [-0.15, -0.1) is 0 Å². The van der Waals surface area contributed by atoms with Gasteiger partial charge < -0.3 is 0 Å². The SMILES string of the molecule is C[Si](C)(C)c1ccc(/C=C/c2ccc3ccc([Si](C)(C)C)cc3c2)cc1. The van der Waals surface area contributed by atoms with Gasteiger partial charge >= 0.3 is 0 Å². The van der Waals surface area contributed by atoms with E-state index in [1.807, 2.05) is 0 Å². The summed E-state index contributed by atoms with van der Waals surface area (Å²) in [5.41, 5.74) is 2.53. The van der Waals surface area contributed by atoms with Crippen molar-refractivity contribution in [2.24, 2.45) is 0 Å². The molecule has 3 aromatic rings. The summed E-state index contributed by atoms with van der Waals surface area (Å²) < 4.78 is 0. The molecule has 0 spiro atoms. The molecule has 0 aliphatic rings. The van der Waals surface area contributed by atoms with Crippen LogP contribution in [0.3, 0.4) is 0 Å². The predicted octanol–water partition coefficient (Wildman–Crippen LogP) is 6.10. The van der Waals surface area contributed by atoms with E-state index in [0.29, 0.717) is 0 Å². The second-order valence-electron chi connectivity index (χ2n) is 9.28. The lowest BCUT2D eigenvalue weighted by atomic mass is 10.1. The molecule has 3 aromatic carbocycles. The van der Waals surface area contributed by atoms with Crippen LogP contribution in [0.1, 0.15) is 11.1 Å². The van der Waals surface area contributed by atoms with Crippen LogP contribution in [-0.2, 0) is 0 Å². The first-order chi connectivity index (χ1) is 12.1. The molecule has 0 bridgehead atoms. The average molecular weight is 375 g/mol. The lowest BCUT2D eigenvalue weighted by molar-refractivity contribution is 1.65. The Hall–Kier alpha value is -1.91. The molecular weight excluding hydrogens is 344 g/mol. The van der Waals surface area contributed by atoms with Gasteiger partial charge in [0.1, 0.15) is 0 Å². The molecule has 0 nitrogen and oxygen atoms in total. The van der Waals surface area contributed by atoms with Crippen LogP contribution in [0.15, 0.2) is 60.7 Å². The highest BCUT2D eigenvalue weighted by Crippen LogP contribution is 2.18. The first-order valence-corrected chi connectivity index (χ1v) is 16.5. The van der Waals surface area contributed by atoms with Crippen molar-refractivity contribution in [3.05, 3.63) is 71.8 Å². The third-order valence-corrected chi connectivity index (χ3v) is 9.08. The third kappa shape index (κ3) is 4.43. The van der Waals surface area contributed by atoms with E-state index in [2.05, 4.69) is 112 Å². The standard InChI is InChI=1S/C24H30Si2/c1-25(2,3)23-14-10-19(11-15-23)7-8-20-9-12-21-13-16-24(26(4,5)6)18-22(21)17-20/h7-18H,1-6H3/b8-7+. The molecule has 0 N–H and O–H groups in total. The zero-order valence-electron chi connectivity index (χ0n) is 16.9. The van der Waals surface area contributed by atoms with Gasteiger partial charge in [-0.1, -0.05) is 116 Å². The first-order valence-electron chi connectivity index (χ1n) is 9.46. The molecule has 0 aromatic heterocycles. The van der Waals surface area contributed by atoms with Crippen molar-refractivity contribution in [1.82, 2.24) is 0 Å². The van der Waals surface area contributed by atoms with Crippen LogP contribution < -0.4 is 10.4 Å². The second-order valence-corrected chi connectivity index (χ2v) is 19.4. The summed E-state index contributed by atoms with van der Waals surface area (Å²) in [5, 5.41) is 5.71. The van der Waals surface area contributed by atoms with Crippen molar-refractivity contribution in [3.8, 4) is 0 Å². The van der Waals surface area contributed by atoms with Crippen LogP contribution in [0.25, 0.3) is 22.9 Å². The van der Waals surface area contributed by atoms with Gasteiger partial charge in [-0.2, -0.15) is 0 Å². The maximum absolute atomic E-state index is 2.40. The molecule has 0 heterocycles. The highest BCUT2D eigenvalue weighted by molar-refractivity contribution is 6.89. The van der Waals surface area contributed by atoms with Crippen molar-refractivity contribution in [1.29, 1.82) is 0 Å². The Balaban J connectivity index is 1.87. The van der Waals surface area contributed by atoms with Gasteiger partial charge in [-0.3, -0.25) is 0 Å². The zero-order valence-corrected chi connectivity index (χ0v) is 18.9. The molecule has 26 heavy (non-hydrogen) atoms. The van der Waals surface area contributed by atoms with Crippen LogP contribution in [0.2, 0.25) is 39.3 Å². The number of fused-ring (bicyclic) bond motifs is 1. The Morgan fingerprint density at radius 3 is 1.62 bits per heavy atom. The second kappa shape index (κ2) is 7.01. The summed E-state index contributed by atoms with van der Waals surface area (Å²) in [6.45, 7) is 14.4. The van der Waals surface area contributed by atoms with Gasteiger partial charge in [0.15, 0.2) is 0 Å². The van der Waals surface area contributed by atoms with Gasteiger partial charge in [0, 0.05) is 0 Å². The topological polar surface area (TPSA) is 0 Å².